The lowest BCUT2D eigenvalue weighted by Gasteiger charge is -2.08. The molecule has 0 saturated heterocycles. The largest absolute Gasteiger partial charge is 0.321 e. The number of hydrogen-bond donors (Lipinski definition) is 2. The zero-order valence-corrected chi connectivity index (χ0v) is 21.6. The molecule has 6 nitrogen and oxygen atoms in total. The first-order chi connectivity index (χ1) is 17.3. The van der Waals surface area contributed by atoms with Gasteiger partial charge in [0.05, 0.1) is 27.8 Å². The molecule has 0 aliphatic rings. The van der Waals surface area contributed by atoms with Crippen LogP contribution < -0.4 is 10.6 Å². The minimum atomic E-state index is -0.325. The van der Waals surface area contributed by atoms with E-state index in [1.54, 1.807) is 47.1 Å². The molecule has 5 rings (SSSR count). The molecule has 0 saturated carbocycles. The Labute approximate surface area is 221 Å². The van der Waals surface area contributed by atoms with E-state index >= 15 is 0 Å². The van der Waals surface area contributed by atoms with Crippen molar-refractivity contribution in [3.63, 3.8) is 0 Å². The molecule has 2 N–H and O–H groups in total. The second-order valence-electron chi connectivity index (χ2n) is 8.16. The minimum Gasteiger partial charge on any atom is -0.321 e. The van der Waals surface area contributed by atoms with E-state index < -0.39 is 0 Å². The zero-order valence-electron chi connectivity index (χ0n) is 19.3. The van der Waals surface area contributed by atoms with Gasteiger partial charge in [-0.1, -0.05) is 47.5 Å². The molecule has 0 bridgehead atoms. The van der Waals surface area contributed by atoms with Crippen molar-refractivity contribution in [2.75, 3.05) is 10.6 Å². The number of fused-ring (bicyclic) bond motifs is 1. The molecule has 0 unspecified atom stereocenters. The van der Waals surface area contributed by atoms with Gasteiger partial charge in [0.15, 0.2) is 0 Å². The van der Waals surface area contributed by atoms with Crippen LogP contribution in [0.5, 0.6) is 0 Å². The standard InChI is InChI=1S/C27H20Cl2N4O2S/c1-15-24(16(2)33(32-15)20-6-4-3-5-7-20)31-26(34)17-8-11-19(12-9-17)30-27(35)25-23(29)21-13-10-18(28)14-22(21)36-25/h3-14H,1-2H3,(H,30,35)(H,31,34). The fraction of sp³-hybridized carbons (Fsp3) is 0.0741. The molecule has 36 heavy (non-hydrogen) atoms. The van der Waals surface area contributed by atoms with Gasteiger partial charge in [0, 0.05) is 26.4 Å². The van der Waals surface area contributed by atoms with E-state index in [9.17, 15) is 9.59 Å². The van der Waals surface area contributed by atoms with Crippen molar-refractivity contribution in [2.24, 2.45) is 0 Å². The van der Waals surface area contributed by atoms with Crippen molar-refractivity contribution < 1.29 is 9.59 Å². The summed E-state index contributed by atoms with van der Waals surface area (Å²) in [5.74, 6) is -0.592. The maximum atomic E-state index is 12.9. The van der Waals surface area contributed by atoms with E-state index in [-0.39, 0.29) is 11.8 Å². The number of benzene rings is 3. The average Bonchev–Trinajstić information content (AvgIpc) is 3.35. The Morgan fingerprint density at radius 3 is 2.33 bits per heavy atom. The van der Waals surface area contributed by atoms with Crippen LogP contribution in [0.25, 0.3) is 15.8 Å². The molecule has 5 aromatic rings. The second kappa shape index (κ2) is 9.78. The van der Waals surface area contributed by atoms with Crippen LogP contribution >= 0.6 is 34.5 Å². The number of thiophene rings is 1. The molecular weight excluding hydrogens is 515 g/mol. The Hall–Kier alpha value is -3.65. The van der Waals surface area contributed by atoms with Crippen molar-refractivity contribution in [3.05, 3.63) is 105 Å². The number of rotatable bonds is 5. The predicted octanol–water partition coefficient (Wildman–Crippen LogP) is 7.52. The van der Waals surface area contributed by atoms with Gasteiger partial charge in [-0.25, -0.2) is 4.68 Å². The van der Waals surface area contributed by atoms with Crippen LogP contribution in [-0.4, -0.2) is 21.6 Å². The number of nitrogens with zero attached hydrogens (tertiary/aromatic N) is 2. The summed E-state index contributed by atoms with van der Waals surface area (Å²) in [5, 5.41) is 12.1. The number of aryl methyl sites for hydroxylation is 1. The number of aromatic nitrogens is 2. The zero-order chi connectivity index (χ0) is 25.4. The highest BCUT2D eigenvalue weighted by Gasteiger charge is 2.19. The molecule has 0 aliphatic carbocycles. The lowest BCUT2D eigenvalue weighted by atomic mass is 10.1. The number of anilines is 2. The topological polar surface area (TPSA) is 76.0 Å². The lowest BCUT2D eigenvalue weighted by molar-refractivity contribution is 0.102. The summed E-state index contributed by atoms with van der Waals surface area (Å²) in [6.07, 6.45) is 0. The van der Waals surface area contributed by atoms with Gasteiger partial charge in [-0.2, -0.15) is 5.10 Å². The van der Waals surface area contributed by atoms with Crippen molar-refractivity contribution in [1.82, 2.24) is 9.78 Å². The third kappa shape index (κ3) is 4.60. The van der Waals surface area contributed by atoms with E-state index in [0.29, 0.717) is 31.9 Å². The summed E-state index contributed by atoms with van der Waals surface area (Å²) in [5.41, 5.74) is 4.13. The Balaban J connectivity index is 1.30. The molecule has 2 amide bonds. The molecule has 0 spiro atoms. The first kappa shape index (κ1) is 24.1. The van der Waals surface area contributed by atoms with Crippen LogP contribution in [0.2, 0.25) is 10.0 Å². The summed E-state index contributed by atoms with van der Waals surface area (Å²) >= 11 is 13.8. The van der Waals surface area contributed by atoms with Crippen molar-refractivity contribution >= 4 is 67.8 Å². The Morgan fingerprint density at radius 1 is 0.889 bits per heavy atom. The quantitative estimate of drug-likeness (QED) is 0.245. The highest BCUT2D eigenvalue weighted by Crippen LogP contribution is 2.37. The maximum Gasteiger partial charge on any atom is 0.267 e. The second-order valence-corrected chi connectivity index (χ2v) is 10.0. The fourth-order valence-electron chi connectivity index (χ4n) is 3.91. The molecule has 3 aromatic carbocycles. The van der Waals surface area contributed by atoms with Gasteiger partial charge in [-0.3, -0.25) is 9.59 Å². The summed E-state index contributed by atoms with van der Waals surface area (Å²) in [6, 6.07) is 21.7. The van der Waals surface area contributed by atoms with Crippen LogP contribution in [0.3, 0.4) is 0 Å². The smallest absolute Gasteiger partial charge is 0.267 e. The highest BCUT2D eigenvalue weighted by molar-refractivity contribution is 7.21. The molecule has 2 aromatic heterocycles. The fourth-order valence-corrected chi connectivity index (χ4v) is 5.60. The highest BCUT2D eigenvalue weighted by atomic mass is 35.5. The number of nitrogens with one attached hydrogen (secondary N) is 2. The average molecular weight is 535 g/mol. The molecule has 2 heterocycles. The predicted molar refractivity (Wildman–Crippen MR) is 147 cm³/mol. The first-order valence-corrected chi connectivity index (χ1v) is 12.6. The number of para-hydroxylation sites is 1. The molecule has 0 atom stereocenters. The van der Waals surface area contributed by atoms with Crippen molar-refractivity contribution in [3.8, 4) is 5.69 Å². The number of amides is 2. The summed E-state index contributed by atoms with van der Waals surface area (Å²) in [6.45, 7) is 3.77. The summed E-state index contributed by atoms with van der Waals surface area (Å²) in [7, 11) is 0. The monoisotopic (exact) mass is 534 g/mol. The molecule has 0 aliphatic heterocycles. The van der Waals surface area contributed by atoms with Crippen LogP contribution in [0.1, 0.15) is 31.4 Å². The molecular formula is C27H20Cl2N4O2S. The summed E-state index contributed by atoms with van der Waals surface area (Å²) < 4.78 is 2.64. The third-order valence-electron chi connectivity index (χ3n) is 5.73. The lowest BCUT2D eigenvalue weighted by Crippen LogP contribution is -2.14. The number of carbonyl (C=O) groups excluding carboxylic acids is 2. The first-order valence-electron chi connectivity index (χ1n) is 11.0. The van der Waals surface area contributed by atoms with Gasteiger partial charge < -0.3 is 10.6 Å². The van der Waals surface area contributed by atoms with Crippen LogP contribution in [0.4, 0.5) is 11.4 Å². The summed E-state index contributed by atoms with van der Waals surface area (Å²) in [4.78, 5) is 26.2. The van der Waals surface area contributed by atoms with E-state index in [1.807, 2.05) is 44.2 Å². The van der Waals surface area contributed by atoms with Crippen LogP contribution in [0, 0.1) is 13.8 Å². The Morgan fingerprint density at radius 2 is 1.61 bits per heavy atom. The normalized spacial score (nSPS) is 11.0. The maximum absolute atomic E-state index is 12.9. The van der Waals surface area contributed by atoms with Gasteiger partial charge >= 0.3 is 0 Å². The van der Waals surface area contributed by atoms with Gasteiger partial charge in [0.1, 0.15) is 4.88 Å². The number of hydrogen-bond acceptors (Lipinski definition) is 4. The van der Waals surface area contributed by atoms with E-state index in [2.05, 4.69) is 15.7 Å². The Kier molecular flexibility index (Phi) is 6.53. The van der Waals surface area contributed by atoms with Crippen molar-refractivity contribution in [2.45, 2.75) is 13.8 Å². The SMILES string of the molecule is Cc1nn(-c2ccccc2)c(C)c1NC(=O)c1ccc(NC(=O)c2sc3cc(Cl)ccc3c2Cl)cc1. The molecule has 9 heteroatoms. The molecule has 0 radical (unpaired) electrons. The number of carbonyl (C=O) groups is 2. The minimum absolute atomic E-state index is 0.267. The third-order valence-corrected chi connectivity index (χ3v) is 7.62. The van der Waals surface area contributed by atoms with E-state index in [1.165, 1.54) is 11.3 Å². The van der Waals surface area contributed by atoms with Gasteiger partial charge in [-0.15, -0.1) is 11.3 Å². The van der Waals surface area contributed by atoms with Crippen molar-refractivity contribution in [1.29, 1.82) is 0 Å². The van der Waals surface area contributed by atoms with Gasteiger partial charge in [0.25, 0.3) is 11.8 Å². The molecule has 0 fully saturated rings. The Bertz CT molecular complexity index is 1610. The van der Waals surface area contributed by atoms with Crippen LogP contribution in [0.15, 0.2) is 72.8 Å². The number of halogens is 2. The van der Waals surface area contributed by atoms with E-state index in [0.717, 1.165) is 27.2 Å². The molecule has 180 valence electrons. The van der Waals surface area contributed by atoms with Gasteiger partial charge in [0.2, 0.25) is 0 Å². The van der Waals surface area contributed by atoms with Crippen LogP contribution in [-0.2, 0) is 0 Å². The van der Waals surface area contributed by atoms with Gasteiger partial charge in [-0.05, 0) is 62.4 Å². The van der Waals surface area contributed by atoms with E-state index in [4.69, 9.17) is 23.2 Å².